The van der Waals surface area contributed by atoms with Gasteiger partial charge in [-0.1, -0.05) is 6.07 Å². The van der Waals surface area contributed by atoms with Gasteiger partial charge in [0, 0.05) is 50.2 Å². The molecule has 1 atom stereocenters. The number of nitrogens with zero attached hydrogens (tertiary/aromatic N) is 3. The molecule has 0 saturated carbocycles. The number of para-hydroxylation sites is 1. The molecule has 27 heavy (non-hydrogen) atoms. The minimum atomic E-state index is -0.518. The molecule has 5 nitrogen and oxygen atoms in total. The molecule has 0 bridgehead atoms. The maximum Gasteiger partial charge on any atom is 0.191 e. The Bertz CT molecular complexity index is 772. The minimum Gasteiger partial charge on any atom is -0.365 e. The summed E-state index contributed by atoms with van der Waals surface area (Å²) in [6.45, 7) is 3.94. The van der Waals surface area contributed by atoms with E-state index in [0.29, 0.717) is 19.0 Å². The van der Waals surface area contributed by atoms with Crippen LogP contribution >= 0.6 is 11.3 Å². The molecule has 0 aliphatic carbocycles. The molecule has 2 aromatic rings. The van der Waals surface area contributed by atoms with Crippen LogP contribution in [0.3, 0.4) is 0 Å². The molecule has 1 unspecified atom stereocenters. The van der Waals surface area contributed by atoms with E-state index in [2.05, 4.69) is 26.0 Å². The van der Waals surface area contributed by atoms with Crippen molar-refractivity contribution < 1.29 is 8.78 Å². The molecule has 8 heteroatoms. The van der Waals surface area contributed by atoms with Crippen LogP contribution in [0.25, 0.3) is 0 Å². The maximum absolute atomic E-state index is 14.0. The van der Waals surface area contributed by atoms with Gasteiger partial charge in [0.2, 0.25) is 0 Å². The predicted octanol–water partition coefficient (Wildman–Crippen LogP) is 3.11. The van der Waals surface area contributed by atoms with Crippen LogP contribution in [0.1, 0.15) is 23.5 Å². The predicted molar refractivity (Wildman–Crippen MR) is 107 cm³/mol. The zero-order valence-corrected chi connectivity index (χ0v) is 16.5. The van der Waals surface area contributed by atoms with Crippen LogP contribution in [0.4, 0.5) is 14.5 Å². The molecule has 2 N–H and O–H groups in total. The van der Waals surface area contributed by atoms with Crippen molar-refractivity contribution in [3.05, 3.63) is 45.9 Å². The normalized spacial score (nSPS) is 17.4. The molecule has 146 valence electrons. The van der Waals surface area contributed by atoms with Crippen molar-refractivity contribution in [3.8, 4) is 0 Å². The van der Waals surface area contributed by atoms with E-state index in [1.807, 2.05) is 6.92 Å². The number of guanidine groups is 1. The average Bonchev–Trinajstić information content (AvgIpc) is 3.26. The van der Waals surface area contributed by atoms with E-state index >= 15 is 0 Å². The van der Waals surface area contributed by atoms with Gasteiger partial charge in [0.25, 0.3) is 0 Å². The van der Waals surface area contributed by atoms with Gasteiger partial charge in [-0.2, -0.15) is 0 Å². The third kappa shape index (κ3) is 5.15. The van der Waals surface area contributed by atoms with Gasteiger partial charge >= 0.3 is 0 Å². The second kappa shape index (κ2) is 9.12. The topological polar surface area (TPSA) is 52.6 Å². The summed E-state index contributed by atoms with van der Waals surface area (Å²) in [4.78, 5) is 10.5. The Balaban J connectivity index is 1.45. The maximum atomic E-state index is 14.0. The molecule has 1 fully saturated rings. The standard InChI is InChI=1S/C19H25F2N5S/c1-13-12-27-17(24-13)7-4-9-23-19(22-2)25-14-8-10-26(11-14)18-15(20)5-3-6-16(18)21/h3,5-6,12,14H,4,7-11H2,1-2H3,(H2,22,23,25). The van der Waals surface area contributed by atoms with Crippen LogP contribution in [0.5, 0.6) is 0 Å². The van der Waals surface area contributed by atoms with Gasteiger partial charge in [-0.25, -0.2) is 13.8 Å². The van der Waals surface area contributed by atoms with Gasteiger partial charge in [-0.15, -0.1) is 11.3 Å². The summed E-state index contributed by atoms with van der Waals surface area (Å²) in [7, 11) is 1.72. The van der Waals surface area contributed by atoms with Gasteiger partial charge in [-0.3, -0.25) is 4.99 Å². The summed E-state index contributed by atoms with van der Waals surface area (Å²) in [5.41, 5.74) is 1.13. The first kappa shape index (κ1) is 19.5. The van der Waals surface area contributed by atoms with Gasteiger partial charge < -0.3 is 15.5 Å². The molecular formula is C19H25F2N5S. The van der Waals surface area contributed by atoms with E-state index in [1.54, 1.807) is 23.3 Å². The number of hydrogen-bond donors (Lipinski definition) is 2. The molecule has 2 heterocycles. The van der Waals surface area contributed by atoms with Crippen molar-refractivity contribution >= 4 is 23.0 Å². The molecule has 1 aromatic carbocycles. The number of rotatable bonds is 6. The Morgan fingerprint density at radius 3 is 2.81 bits per heavy atom. The summed E-state index contributed by atoms with van der Waals surface area (Å²) in [6.07, 6.45) is 2.70. The van der Waals surface area contributed by atoms with Crippen LogP contribution in [0, 0.1) is 18.6 Å². The van der Waals surface area contributed by atoms with Crippen molar-refractivity contribution in [3.63, 3.8) is 0 Å². The van der Waals surface area contributed by atoms with E-state index < -0.39 is 11.6 Å². The Hall–Kier alpha value is -2.22. The number of hydrogen-bond acceptors (Lipinski definition) is 4. The number of anilines is 1. The molecule has 0 spiro atoms. The van der Waals surface area contributed by atoms with Gasteiger partial charge in [0.15, 0.2) is 5.96 Å². The van der Waals surface area contributed by atoms with E-state index in [1.165, 1.54) is 18.2 Å². The summed E-state index contributed by atoms with van der Waals surface area (Å²) in [5, 5.41) is 9.86. The van der Waals surface area contributed by atoms with Crippen molar-refractivity contribution in [1.29, 1.82) is 0 Å². The quantitative estimate of drug-likeness (QED) is 0.450. The van der Waals surface area contributed by atoms with Crippen LogP contribution in [0.2, 0.25) is 0 Å². The highest BCUT2D eigenvalue weighted by Gasteiger charge is 2.27. The Labute approximate surface area is 162 Å². The molecule has 1 saturated heterocycles. The van der Waals surface area contributed by atoms with Crippen LogP contribution in [-0.2, 0) is 6.42 Å². The summed E-state index contributed by atoms with van der Waals surface area (Å²) in [5.74, 6) is -0.322. The first-order chi connectivity index (χ1) is 13.1. The second-order valence-electron chi connectivity index (χ2n) is 6.63. The van der Waals surface area contributed by atoms with Crippen LogP contribution < -0.4 is 15.5 Å². The summed E-state index contributed by atoms with van der Waals surface area (Å²) in [6, 6.07) is 4.07. The third-order valence-electron chi connectivity index (χ3n) is 4.53. The van der Waals surface area contributed by atoms with Crippen molar-refractivity contribution in [2.75, 3.05) is 31.6 Å². The summed E-state index contributed by atoms with van der Waals surface area (Å²) < 4.78 is 27.9. The van der Waals surface area contributed by atoms with E-state index in [4.69, 9.17) is 0 Å². The van der Waals surface area contributed by atoms with Crippen molar-refractivity contribution in [2.24, 2.45) is 4.99 Å². The zero-order chi connectivity index (χ0) is 19.2. The van der Waals surface area contributed by atoms with Crippen LogP contribution in [0.15, 0.2) is 28.6 Å². The fourth-order valence-electron chi connectivity index (χ4n) is 3.22. The van der Waals surface area contributed by atoms with Crippen LogP contribution in [-0.4, -0.2) is 43.7 Å². The summed E-state index contributed by atoms with van der Waals surface area (Å²) >= 11 is 1.69. The number of thiazole rings is 1. The molecular weight excluding hydrogens is 368 g/mol. The number of aryl methyl sites for hydroxylation is 2. The SMILES string of the molecule is CN=C(NCCCc1nc(C)cs1)NC1CCN(c2c(F)cccc2F)C1. The minimum absolute atomic E-state index is 0.0588. The lowest BCUT2D eigenvalue weighted by Crippen LogP contribution is -2.45. The van der Waals surface area contributed by atoms with Gasteiger partial charge in [-0.05, 0) is 31.9 Å². The number of benzene rings is 1. The Morgan fingerprint density at radius 2 is 2.15 bits per heavy atom. The zero-order valence-electron chi connectivity index (χ0n) is 15.6. The second-order valence-corrected chi connectivity index (χ2v) is 7.57. The lowest BCUT2D eigenvalue weighted by atomic mass is 10.2. The Kier molecular flexibility index (Phi) is 6.60. The van der Waals surface area contributed by atoms with Gasteiger partial charge in [0.05, 0.1) is 5.01 Å². The molecule has 0 amide bonds. The van der Waals surface area contributed by atoms with Crippen molar-refractivity contribution in [1.82, 2.24) is 15.6 Å². The number of halogens is 2. The smallest absolute Gasteiger partial charge is 0.191 e. The lowest BCUT2D eigenvalue weighted by Gasteiger charge is -2.21. The molecule has 1 aliphatic rings. The van der Waals surface area contributed by atoms with E-state index in [-0.39, 0.29) is 11.7 Å². The molecule has 0 radical (unpaired) electrons. The molecule has 1 aliphatic heterocycles. The molecule has 3 rings (SSSR count). The highest BCUT2D eigenvalue weighted by molar-refractivity contribution is 7.09. The fraction of sp³-hybridized carbons (Fsp3) is 0.474. The largest absolute Gasteiger partial charge is 0.365 e. The monoisotopic (exact) mass is 393 g/mol. The fourth-order valence-corrected chi connectivity index (χ4v) is 4.04. The highest BCUT2D eigenvalue weighted by Crippen LogP contribution is 2.26. The van der Waals surface area contributed by atoms with E-state index in [9.17, 15) is 8.78 Å². The van der Waals surface area contributed by atoms with Crippen molar-refractivity contribution in [2.45, 2.75) is 32.2 Å². The average molecular weight is 394 g/mol. The highest BCUT2D eigenvalue weighted by atomic mass is 32.1. The first-order valence-electron chi connectivity index (χ1n) is 9.14. The number of nitrogens with one attached hydrogen (secondary N) is 2. The Morgan fingerprint density at radius 1 is 1.37 bits per heavy atom. The lowest BCUT2D eigenvalue weighted by molar-refractivity contribution is 0.575. The molecule has 1 aromatic heterocycles. The van der Waals surface area contributed by atoms with E-state index in [0.717, 1.165) is 36.5 Å². The van der Waals surface area contributed by atoms with Gasteiger partial charge in [0.1, 0.15) is 17.3 Å². The first-order valence-corrected chi connectivity index (χ1v) is 10.0. The number of aliphatic imine (C=N–C) groups is 1. The number of aromatic nitrogens is 1. The third-order valence-corrected chi connectivity index (χ3v) is 5.56.